The highest BCUT2D eigenvalue weighted by Gasteiger charge is 2.24. The van der Waals surface area contributed by atoms with Crippen molar-refractivity contribution in [3.8, 4) is 5.75 Å². The van der Waals surface area contributed by atoms with E-state index < -0.39 is 0 Å². The number of rotatable bonds is 4. The van der Waals surface area contributed by atoms with Crippen LogP contribution in [0.1, 0.15) is 22.7 Å². The number of para-hydroxylation sites is 1. The summed E-state index contributed by atoms with van der Waals surface area (Å²) in [5, 5.41) is 15.0. The van der Waals surface area contributed by atoms with E-state index in [9.17, 15) is 9.90 Å². The molecule has 1 heterocycles. The molecule has 0 fully saturated rings. The zero-order valence-electron chi connectivity index (χ0n) is 12.1. The van der Waals surface area contributed by atoms with Crippen LogP contribution in [0, 0.1) is 0 Å². The zero-order valence-corrected chi connectivity index (χ0v) is 12.1. The fourth-order valence-corrected chi connectivity index (χ4v) is 2.55. The summed E-state index contributed by atoms with van der Waals surface area (Å²) < 4.78 is 5.54. The maximum absolute atomic E-state index is 12.0. The fraction of sp³-hybridized carbons (Fsp3) is 0.235. The first kappa shape index (κ1) is 14.4. The molecule has 5 heteroatoms. The van der Waals surface area contributed by atoms with Gasteiger partial charge >= 0.3 is 6.03 Å². The van der Waals surface area contributed by atoms with Gasteiger partial charge < -0.3 is 20.5 Å². The van der Waals surface area contributed by atoms with E-state index in [0.717, 1.165) is 22.4 Å². The molecule has 2 aromatic carbocycles. The Labute approximate surface area is 128 Å². The molecule has 2 aromatic rings. The molecule has 0 saturated heterocycles. The van der Waals surface area contributed by atoms with Gasteiger partial charge in [0.05, 0.1) is 12.6 Å². The normalized spacial score (nSPS) is 15.8. The van der Waals surface area contributed by atoms with Crippen molar-refractivity contribution in [1.29, 1.82) is 0 Å². The van der Waals surface area contributed by atoms with Gasteiger partial charge in [-0.25, -0.2) is 4.79 Å². The van der Waals surface area contributed by atoms with Crippen molar-refractivity contribution < 1.29 is 14.6 Å². The van der Waals surface area contributed by atoms with E-state index in [2.05, 4.69) is 10.6 Å². The highest BCUT2D eigenvalue weighted by molar-refractivity contribution is 5.74. The number of urea groups is 1. The van der Waals surface area contributed by atoms with Gasteiger partial charge in [0.2, 0.25) is 0 Å². The SMILES string of the molecule is O=C(NCc1ccccc1CO)NC1COc2ccccc21. The van der Waals surface area contributed by atoms with Crippen LogP contribution in [0.15, 0.2) is 48.5 Å². The summed E-state index contributed by atoms with van der Waals surface area (Å²) in [5.41, 5.74) is 2.72. The Bertz CT molecular complexity index is 672. The van der Waals surface area contributed by atoms with Crippen LogP contribution in [0.2, 0.25) is 0 Å². The number of benzene rings is 2. The van der Waals surface area contributed by atoms with E-state index >= 15 is 0 Å². The number of aliphatic hydroxyl groups is 1. The van der Waals surface area contributed by atoms with Crippen LogP contribution in [0.3, 0.4) is 0 Å². The molecule has 114 valence electrons. The van der Waals surface area contributed by atoms with Gasteiger partial charge in [0.1, 0.15) is 12.4 Å². The first-order chi connectivity index (χ1) is 10.8. The lowest BCUT2D eigenvalue weighted by molar-refractivity contribution is 0.231. The highest BCUT2D eigenvalue weighted by atomic mass is 16.5. The van der Waals surface area contributed by atoms with Gasteiger partial charge in [-0.1, -0.05) is 42.5 Å². The van der Waals surface area contributed by atoms with Gasteiger partial charge in [0, 0.05) is 12.1 Å². The average molecular weight is 298 g/mol. The van der Waals surface area contributed by atoms with E-state index in [1.54, 1.807) is 0 Å². The molecule has 1 aliphatic heterocycles. The lowest BCUT2D eigenvalue weighted by atomic mass is 10.1. The van der Waals surface area contributed by atoms with Crippen molar-refractivity contribution in [3.05, 3.63) is 65.2 Å². The van der Waals surface area contributed by atoms with Crippen LogP contribution in [0.4, 0.5) is 4.79 Å². The molecule has 0 saturated carbocycles. The molecule has 2 amide bonds. The molecule has 22 heavy (non-hydrogen) atoms. The summed E-state index contributed by atoms with van der Waals surface area (Å²) in [6.07, 6.45) is 0. The minimum atomic E-state index is -0.252. The summed E-state index contributed by atoms with van der Waals surface area (Å²) >= 11 is 0. The van der Waals surface area contributed by atoms with Crippen LogP contribution in [-0.4, -0.2) is 17.7 Å². The Kier molecular flexibility index (Phi) is 4.25. The molecule has 3 rings (SSSR count). The second-order valence-corrected chi connectivity index (χ2v) is 5.16. The molecule has 0 bridgehead atoms. The number of nitrogens with one attached hydrogen (secondary N) is 2. The molecular formula is C17H18N2O3. The van der Waals surface area contributed by atoms with Gasteiger partial charge in [-0.3, -0.25) is 0 Å². The molecule has 1 atom stereocenters. The van der Waals surface area contributed by atoms with Gasteiger partial charge in [-0.15, -0.1) is 0 Å². The summed E-state index contributed by atoms with van der Waals surface area (Å²) in [6.45, 7) is 0.779. The van der Waals surface area contributed by atoms with Crippen LogP contribution in [0.25, 0.3) is 0 Å². The van der Waals surface area contributed by atoms with E-state index in [1.165, 1.54) is 0 Å². The number of carbonyl (C=O) groups is 1. The fourth-order valence-electron chi connectivity index (χ4n) is 2.55. The number of aliphatic hydroxyl groups excluding tert-OH is 1. The third-order valence-corrected chi connectivity index (χ3v) is 3.73. The van der Waals surface area contributed by atoms with Crippen molar-refractivity contribution in [2.45, 2.75) is 19.2 Å². The number of hydrogen-bond donors (Lipinski definition) is 3. The number of amides is 2. The van der Waals surface area contributed by atoms with Crippen LogP contribution in [0.5, 0.6) is 5.75 Å². The minimum Gasteiger partial charge on any atom is -0.491 e. The van der Waals surface area contributed by atoms with Crippen molar-refractivity contribution >= 4 is 6.03 Å². The monoisotopic (exact) mass is 298 g/mol. The smallest absolute Gasteiger partial charge is 0.315 e. The average Bonchev–Trinajstić information content (AvgIpc) is 2.96. The largest absolute Gasteiger partial charge is 0.491 e. The van der Waals surface area contributed by atoms with Crippen molar-refractivity contribution in [2.75, 3.05) is 6.61 Å². The van der Waals surface area contributed by atoms with Gasteiger partial charge in [-0.05, 0) is 17.2 Å². The molecule has 1 unspecified atom stereocenters. The highest BCUT2D eigenvalue weighted by Crippen LogP contribution is 2.31. The molecule has 1 aliphatic rings. The summed E-state index contributed by atoms with van der Waals surface area (Å²) in [7, 11) is 0. The number of hydrogen-bond acceptors (Lipinski definition) is 3. The summed E-state index contributed by atoms with van der Waals surface area (Å²) in [4.78, 5) is 12.0. The second kappa shape index (κ2) is 6.49. The van der Waals surface area contributed by atoms with E-state index in [-0.39, 0.29) is 18.7 Å². The Morgan fingerprint density at radius 1 is 1.14 bits per heavy atom. The van der Waals surface area contributed by atoms with Crippen LogP contribution < -0.4 is 15.4 Å². The standard InChI is InChI=1S/C17H18N2O3/c20-10-13-6-2-1-5-12(13)9-18-17(21)19-15-11-22-16-8-4-3-7-14(15)16/h1-8,15,20H,9-11H2,(H2,18,19,21). The second-order valence-electron chi connectivity index (χ2n) is 5.16. The predicted octanol–water partition coefficient (Wildman–Crippen LogP) is 2.11. The van der Waals surface area contributed by atoms with E-state index in [0.29, 0.717) is 13.2 Å². The third kappa shape index (κ3) is 3.04. The summed E-state index contributed by atoms with van der Waals surface area (Å²) in [6, 6.07) is 14.8. The number of ether oxygens (including phenoxy) is 1. The molecule has 0 radical (unpaired) electrons. The maximum atomic E-state index is 12.0. The predicted molar refractivity (Wildman–Crippen MR) is 82.4 cm³/mol. The molecular weight excluding hydrogens is 280 g/mol. The molecule has 5 nitrogen and oxygen atoms in total. The molecule has 0 aromatic heterocycles. The Morgan fingerprint density at radius 3 is 2.68 bits per heavy atom. The van der Waals surface area contributed by atoms with Crippen molar-refractivity contribution in [1.82, 2.24) is 10.6 Å². The number of fused-ring (bicyclic) bond motifs is 1. The van der Waals surface area contributed by atoms with Gasteiger partial charge in [-0.2, -0.15) is 0 Å². The first-order valence-electron chi connectivity index (χ1n) is 7.21. The zero-order chi connectivity index (χ0) is 15.4. The summed E-state index contributed by atoms with van der Waals surface area (Å²) in [5.74, 6) is 0.818. The van der Waals surface area contributed by atoms with Gasteiger partial charge in [0.25, 0.3) is 0 Å². The molecule has 0 aliphatic carbocycles. The van der Waals surface area contributed by atoms with Crippen molar-refractivity contribution in [2.24, 2.45) is 0 Å². The van der Waals surface area contributed by atoms with Gasteiger partial charge in [0.15, 0.2) is 0 Å². The lowest BCUT2D eigenvalue weighted by Crippen LogP contribution is -2.38. The lowest BCUT2D eigenvalue weighted by Gasteiger charge is -2.14. The Balaban J connectivity index is 1.58. The first-order valence-corrected chi connectivity index (χ1v) is 7.21. The Morgan fingerprint density at radius 2 is 1.86 bits per heavy atom. The molecule has 0 spiro atoms. The quantitative estimate of drug-likeness (QED) is 0.809. The Hall–Kier alpha value is -2.53. The van der Waals surface area contributed by atoms with Crippen LogP contribution >= 0.6 is 0 Å². The minimum absolute atomic E-state index is 0.0384. The van der Waals surface area contributed by atoms with E-state index in [1.807, 2.05) is 48.5 Å². The third-order valence-electron chi connectivity index (χ3n) is 3.73. The van der Waals surface area contributed by atoms with Crippen molar-refractivity contribution in [3.63, 3.8) is 0 Å². The number of carbonyl (C=O) groups excluding carboxylic acids is 1. The maximum Gasteiger partial charge on any atom is 0.315 e. The van der Waals surface area contributed by atoms with E-state index in [4.69, 9.17) is 4.74 Å². The van der Waals surface area contributed by atoms with Crippen LogP contribution in [-0.2, 0) is 13.2 Å². The topological polar surface area (TPSA) is 70.6 Å². The molecule has 3 N–H and O–H groups in total.